The van der Waals surface area contributed by atoms with Crippen molar-refractivity contribution in [1.29, 1.82) is 0 Å². The molecule has 0 atom stereocenters. The van der Waals surface area contributed by atoms with Crippen LogP contribution in [0.5, 0.6) is 0 Å². The van der Waals surface area contributed by atoms with Crippen LogP contribution in [0.3, 0.4) is 0 Å². The molecule has 0 fully saturated rings. The maximum Gasteiger partial charge on any atom is 0.237 e. The molecule has 1 N–H and O–H groups in total. The van der Waals surface area contributed by atoms with E-state index < -0.39 is 0 Å². The Morgan fingerprint density at radius 2 is 1.96 bits per heavy atom. The molecule has 1 aliphatic rings. The second kappa shape index (κ2) is 8.78. The summed E-state index contributed by atoms with van der Waals surface area (Å²) in [7, 11) is 1.64. The van der Waals surface area contributed by atoms with E-state index in [9.17, 15) is 9.59 Å². The van der Waals surface area contributed by atoms with Crippen LogP contribution >= 0.6 is 35.0 Å². The minimum atomic E-state index is -0.285. The Balaban J connectivity index is 1.85. The zero-order chi connectivity index (χ0) is 19.4. The molecular formula is C19H17Cl2N3O2S. The molecule has 0 aromatic heterocycles. The van der Waals surface area contributed by atoms with Crippen LogP contribution in [0.15, 0.2) is 47.5 Å². The highest BCUT2D eigenvalue weighted by atomic mass is 35.5. The van der Waals surface area contributed by atoms with Gasteiger partial charge in [-0.1, -0.05) is 47.1 Å². The van der Waals surface area contributed by atoms with Crippen LogP contribution in [0.1, 0.15) is 15.9 Å². The molecule has 5 nitrogen and oxygen atoms in total. The number of hydrogen-bond acceptors (Lipinski definition) is 5. The molecule has 0 unspecified atom stereocenters. The fraction of sp³-hybridized carbons (Fsp3) is 0.211. The molecule has 1 heterocycles. The average molecular weight is 422 g/mol. The number of thioether (sulfide) groups is 1. The Labute approximate surface area is 171 Å². The first kappa shape index (κ1) is 19.7. The summed E-state index contributed by atoms with van der Waals surface area (Å²) in [6.07, 6.45) is 0. The number of ketones is 1. The standard InChI is InChI=1S/C19H17Cl2N3O2S/c1-24(17(25)11-27-19-22-8-9-23-19)16-7-6-12(20)10-14(16)18(26)13-4-2-3-5-15(13)21/h2-7,10H,8-9,11H2,1H3,(H,22,23). The maximum absolute atomic E-state index is 13.0. The zero-order valence-electron chi connectivity index (χ0n) is 14.5. The molecule has 8 heteroatoms. The molecule has 0 bridgehead atoms. The minimum Gasteiger partial charge on any atom is -0.363 e. The number of rotatable bonds is 5. The number of anilines is 1. The maximum atomic E-state index is 13.0. The Bertz CT molecular complexity index is 918. The summed E-state index contributed by atoms with van der Waals surface area (Å²) < 4.78 is 0. The minimum absolute atomic E-state index is 0.146. The van der Waals surface area contributed by atoms with Gasteiger partial charge in [0.1, 0.15) is 0 Å². The second-order valence-electron chi connectivity index (χ2n) is 5.83. The van der Waals surface area contributed by atoms with Crippen molar-refractivity contribution in [2.45, 2.75) is 0 Å². The Morgan fingerprint density at radius 3 is 2.67 bits per heavy atom. The van der Waals surface area contributed by atoms with Crippen LogP contribution in [-0.2, 0) is 4.79 Å². The van der Waals surface area contributed by atoms with Crippen molar-refractivity contribution >= 4 is 57.5 Å². The van der Waals surface area contributed by atoms with E-state index in [1.54, 1.807) is 49.5 Å². The third-order valence-corrected chi connectivity index (χ3v) is 5.54. The third-order valence-electron chi connectivity index (χ3n) is 4.03. The number of amidine groups is 1. The molecule has 0 saturated carbocycles. The van der Waals surface area contributed by atoms with E-state index in [4.69, 9.17) is 23.2 Å². The fourth-order valence-electron chi connectivity index (χ4n) is 2.61. The molecule has 3 rings (SSSR count). The largest absolute Gasteiger partial charge is 0.363 e. The van der Waals surface area contributed by atoms with Gasteiger partial charge in [0.05, 0.1) is 23.0 Å². The quantitative estimate of drug-likeness (QED) is 0.743. The lowest BCUT2D eigenvalue weighted by Gasteiger charge is -2.20. The van der Waals surface area contributed by atoms with Gasteiger partial charge in [-0.05, 0) is 30.3 Å². The molecule has 1 amide bonds. The summed E-state index contributed by atoms with van der Waals surface area (Å²) in [6.45, 7) is 1.51. The first-order valence-corrected chi connectivity index (χ1v) is 9.98. The lowest BCUT2D eigenvalue weighted by molar-refractivity contribution is -0.115. The van der Waals surface area contributed by atoms with Gasteiger partial charge in [0.15, 0.2) is 11.0 Å². The van der Waals surface area contributed by atoms with E-state index in [-0.39, 0.29) is 17.4 Å². The Morgan fingerprint density at radius 1 is 1.19 bits per heavy atom. The van der Waals surface area contributed by atoms with Gasteiger partial charge in [-0.25, -0.2) is 0 Å². The van der Waals surface area contributed by atoms with Crippen LogP contribution < -0.4 is 10.2 Å². The summed E-state index contributed by atoms with van der Waals surface area (Å²) in [5.41, 5.74) is 1.17. The molecule has 2 aromatic rings. The summed E-state index contributed by atoms with van der Waals surface area (Å²) in [5, 5.41) is 4.64. The summed E-state index contributed by atoms with van der Waals surface area (Å²) in [6, 6.07) is 11.7. The number of hydrogen-bond donors (Lipinski definition) is 1. The highest BCUT2D eigenvalue weighted by molar-refractivity contribution is 8.14. The topological polar surface area (TPSA) is 61.8 Å². The number of nitrogens with one attached hydrogen (secondary N) is 1. The van der Waals surface area contributed by atoms with Gasteiger partial charge < -0.3 is 10.2 Å². The normalized spacial score (nSPS) is 13.1. The van der Waals surface area contributed by atoms with Crippen molar-refractivity contribution in [3.05, 3.63) is 63.6 Å². The van der Waals surface area contributed by atoms with Crippen molar-refractivity contribution in [3.8, 4) is 0 Å². The van der Waals surface area contributed by atoms with E-state index in [1.165, 1.54) is 16.7 Å². The van der Waals surface area contributed by atoms with Crippen molar-refractivity contribution < 1.29 is 9.59 Å². The average Bonchev–Trinajstić information content (AvgIpc) is 3.19. The first-order valence-electron chi connectivity index (χ1n) is 8.24. The number of carbonyl (C=O) groups is 2. The van der Waals surface area contributed by atoms with Crippen LogP contribution in [0.25, 0.3) is 0 Å². The van der Waals surface area contributed by atoms with Crippen LogP contribution in [0.2, 0.25) is 10.0 Å². The smallest absolute Gasteiger partial charge is 0.237 e. The molecule has 140 valence electrons. The first-order chi connectivity index (χ1) is 13.0. The summed E-state index contributed by atoms with van der Waals surface area (Å²) in [4.78, 5) is 31.4. The van der Waals surface area contributed by atoms with Gasteiger partial charge in [-0.2, -0.15) is 0 Å². The van der Waals surface area contributed by atoms with Crippen molar-refractivity contribution in [2.75, 3.05) is 30.8 Å². The third kappa shape index (κ3) is 4.64. The van der Waals surface area contributed by atoms with Gasteiger partial charge >= 0.3 is 0 Å². The van der Waals surface area contributed by atoms with Crippen LogP contribution in [-0.4, -0.2) is 42.7 Å². The molecule has 2 aromatic carbocycles. The van der Waals surface area contributed by atoms with Gasteiger partial charge in [0.2, 0.25) is 5.91 Å². The monoisotopic (exact) mass is 421 g/mol. The van der Waals surface area contributed by atoms with Gasteiger partial charge in [-0.3, -0.25) is 14.6 Å². The fourth-order valence-corrected chi connectivity index (χ4v) is 3.84. The predicted octanol–water partition coefficient (Wildman–Crippen LogP) is 3.88. The van der Waals surface area contributed by atoms with E-state index in [0.717, 1.165) is 18.3 Å². The molecule has 0 radical (unpaired) electrons. The number of carbonyl (C=O) groups excluding carboxylic acids is 2. The molecule has 0 spiro atoms. The predicted molar refractivity (Wildman–Crippen MR) is 113 cm³/mol. The number of nitrogens with zero attached hydrogens (tertiary/aromatic N) is 2. The molecule has 1 aliphatic heterocycles. The summed E-state index contributed by atoms with van der Waals surface area (Å²) in [5.74, 6) is -0.218. The van der Waals surface area contributed by atoms with Crippen molar-refractivity contribution in [2.24, 2.45) is 4.99 Å². The van der Waals surface area contributed by atoms with E-state index >= 15 is 0 Å². The molecular weight excluding hydrogens is 405 g/mol. The highest BCUT2D eigenvalue weighted by Gasteiger charge is 2.22. The van der Waals surface area contributed by atoms with Crippen LogP contribution in [0.4, 0.5) is 5.69 Å². The van der Waals surface area contributed by atoms with Gasteiger partial charge in [0, 0.05) is 29.7 Å². The second-order valence-corrected chi connectivity index (χ2v) is 7.63. The van der Waals surface area contributed by atoms with E-state index in [2.05, 4.69) is 10.3 Å². The summed E-state index contributed by atoms with van der Waals surface area (Å²) >= 11 is 13.6. The number of aliphatic imine (C=N–C) groups is 1. The van der Waals surface area contributed by atoms with E-state index in [1.807, 2.05) is 0 Å². The lowest BCUT2D eigenvalue weighted by Crippen LogP contribution is -2.30. The van der Waals surface area contributed by atoms with E-state index in [0.29, 0.717) is 26.9 Å². The van der Waals surface area contributed by atoms with Crippen LogP contribution in [0, 0.1) is 0 Å². The van der Waals surface area contributed by atoms with Gasteiger partial charge in [0.25, 0.3) is 0 Å². The highest BCUT2D eigenvalue weighted by Crippen LogP contribution is 2.29. The van der Waals surface area contributed by atoms with Gasteiger partial charge in [-0.15, -0.1) is 0 Å². The molecule has 0 aliphatic carbocycles. The number of halogens is 2. The van der Waals surface area contributed by atoms with Crippen molar-refractivity contribution in [3.63, 3.8) is 0 Å². The lowest BCUT2D eigenvalue weighted by atomic mass is 10.0. The SMILES string of the molecule is CN(C(=O)CSC1=NCCN1)c1ccc(Cl)cc1C(=O)c1ccccc1Cl. The molecule has 27 heavy (non-hydrogen) atoms. The molecule has 0 saturated heterocycles. The Kier molecular flexibility index (Phi) is 6.42. The Hall–Kier alpha value is -2.02. The number of amides is 1. The zero-order valence-corrected chi connectivity index (χ0v) is 16.9. The number of benzene rings is 2. The van der Waals surface area contributed by atoms with Crippen molar-refractivity contribution in [1.82, 2.24) is 5.32 Å².